The van der Waals surface area contributed by atoms with Gasteiger partial charge in [0.2, 0.25) is 0 Å². The fraction of sp³-hybridized carbons (Fsp3) is 0.692. The quantitative estimate of drug-likeness (QED) is 0.724. The van der Waals surface area contributed by atoms with E-state index in [-0.39, 0.29) is 0 Å². The highest BCUT2D eigenvalue weighted by molar-refractivity contribution is 5.48. The van der Waals surface area contributed by atoms with Gasteiger partial charge in [-0.05, 0) is 34.1 Å². The molecule has 0 unspecified atom stereocenters. The van der Waals surface area contributed by atoms with Gasteiger partial charge in [0.25, 0.3) is 0 Å². The first kappa shape index (κ1) is 14.7. The fourth-order valence-electron chi connectivity index (χ4n) is 1.25. The fourth-order valence-corrected chi connectivity index (χ4v) is 1.25. The summed E-state index contributed by atoms with van der Waals surface area (Å²) in [6.45, 7) is 10.4. The topological polar surface area (TPSA) is 70.1 Å². The van der Waals surface area contributed by atoms with Crippen LogP contribution in [-0.2, 0) is 0 Å². The minimum Gasteiger partial charge on any atom is -0.388 e. The molecule has 5 heteroatoms. The summed E-state index contributed by atoms with van der Waals surface area (Å²) in [6.07, 6.45) is 2.56. The minimum atomic E-state index is -0.852. The number of aliphatic hydroxyl groups is 1. The third-order valence-electron chi connectivity index (χ3n) is 3.19. The summed E-state index contributed by atoms with van der Waals surface area (Å²) in [4.78, 5) is 8.32. The van der Waals surface area contributed by atoms with E-state index in [1.165, 1.54) is 6.33 Å². The lowest BCUT2D eigenvalue weighted by Crippen LogP contribution is -2.51. The highest BCUT2D eigenvalue weighted by Crippen LogP contribution is 2.25. The molecule has 18 heavy (non-hydrogen) atoms. The number of rotatable bonds is 6. The number of hydrogen-bond acceptors (Lipinski definition) is 5. The average molecular weight is 252 g/mol. The average Bonchev–Trinajstić information content (AvgIpc) is 2.24. The molecule has 0 spiro atoms. The van der Waals surface area contributed by atoms with E-state index in [1.54, 1.807) is 13.8 Å². The molecule has 0 radical (unpaired) electrons. The molecule has 1 rings (SSSR count). The second-order valence-electron chi connectivity index (χ2n) is 5.52. The zero-order chi connectivity index (χ0) is 13.8. The summed E-state index contributed by atoms with van der Waals surface area (Å²) in [5.41, 5.74) is -1.33. The van der Waals surface area contributed by atoms with Crippen molar-refractivity contribution in [1.29, 1.82) is 0 Å². The van der Waals surface area contributed by atoms with Gasteiger partial charge >= 0.3 is 0 Å². The summed E-state index contributed by atoms with van der Waals surface area (Å²) >= 11 is 0. The number of nitrogens with zero attached hydrogens (tertiary/aromatic N) is 2. The molecule has 1 aromatic rings. The van der Waals surface area contributed by atoms with Crippen molar-refractivity contribution in [2.45, 2.75) is 52.2 Å². The van der Waals surface area contributed by atoms with Gasteiger partial charge < -0.3 is 15.7 Å². The SMILES string of the molecule is CCCNc1cc(NC(C)(C)C(C)(C)O)ncn1. The Morgan fingerprint density at radius 1 is 1.17 bits per heavy atom. The van der Waals surface area contributed by atoms with Crippen molar-refractivity contribution in [3.8, 4) is 0 Å². The van der Waals surface area contributed by atoms with Gasteiger partial charge in [0.1, 0.15) is 18.0 Å². The van der Waals surface area contributed by atoms with Crippen LogP contribution in [0.5, 0.6) is 0 Å². The Bertz CT molecular complexity index is 385. The maximum Gasteiger partial charge on any atom is 0.131 e. The van der Waals surface area contributed by atoms with E-state index in [1.807, 2.05) is 19.9 Å². The van der Waals surface area contributed by atoms with Crippen LogP contribution in [0, 0.1) is 0 Å². The largest absolute Gasteiger partial charge is 0.388 e. The van der Waals surface area contributed by atoms with Crippen LogP contribution in [0.4, 0.5) is 11.6 Å². The normalized spacial score (nSPS) is 12.3. The zero-order valence-corrected chi connectivity index (χ0v) is 11.9. The minimum absolute atomic E-state index is 0.483. The van der Waals surface area contributed by atoms with Crippen LogP contribution >= 0.6 is 0 Å². The van der Waals surface area contributed by atoms with E-state index >= 15 is 0 Å². The molecule has 0 bridgehead atoms. The molecular formula is C13H24N4O. The van der Waals surface area contributed by atoms with Crippen LogP contribution in [0.3, 0.4) is 0 Å². The summed E-state index contributed by atoms with van der Waals surface area (Å²) in [6, 6.07) is 1.85. The van der Waals surface area contributed by atoms with Crippen LogP contribution < -0.4 is 10.6 Å². The van der Waals surface area contributed by atoms with Crippen molar-refractivity contribution in [3.63, 3.8) is 0 Å². The van der Waals surface area contributed by atoms with Crippen LogP contribution in [0.15, 0.2) is 12.4 Å². The highest BCUT2D eigenvalue weighted by atomic mass is 16.3. The van der Waals surface area contributed by atoms with Crippen LogP contribution in [0.2, 0.25) is 0 Å². The van der Waals surface area contributed by atoms with Gasteiger partial charge in [0.15, 0.2) is 0 Å². The molecule has 102 valence electrons. The van der Waals surface area contributed by atoms with Gasteiger partial charge in [-0.1, -0.05) is 6.92 Å². The van der Waals surface area contributed by atoms with Crippen molar-refractivity contribution >= 4 is 11.6 Å². The summed E-state index contributed by atoms with van der Waals surface area (Å²) in [5, 5.41) is 16.5. The molecule has 0 fully saturated rings. The predicted octanol–water partition coefficient (Wildman–Crippen LogP) is 2.26. The van der Waals surface area contributed by atoms with Gasteiger partial charge in [0, 0.05) is 12.6 Å². The van der Waals surface area contributed by atoms with E-state index in [2.05, 4.69) is 27.5 Å². The van der Waals surface area contributed by atoms with Gasteiger partial charge in [-0.15, -0.1) is 0 Å². The lowest BCUT2D eigenvalue weighted by Gasteiger charge is -2.38. The smallest absolute Gasteiger partial charge is 0.131 e. The molecule has 0 saturated heterocycles. The van der Waals surface area contributed by atoms with Crippen molar-refractivity contribution in [1.82, 2.24) is 9.97 Å². The van der Waals surface area contributed by atoms with E-state index in [0.717, 1.165) is 18.8 Å². The number of anilines is 2. The Labute approximate surface area is 109 Å². The lowest BCUT2D eigenvalue weighted by molar-refractivity contribution is 0.0239. The molecule has 3 N–H and O–H groups in total. The van der Waals surface area contributed by atoms with Crippen molar-refractivity contribution < 1.29 is 5.11 Å². The molecule has 0 aromatic carbocycles. The van der Waals surface area contributed by atoms with E-state index in [0.29, 0.717) is 5.82 Å². The Hall–Kier alpha value is -1.36. The Morgan fingerprint density at radius 3 is 2.33 bits per heavy atom. The van der Waals surface area contributed by atoms with Crippen LogP contribution in [0.25, 0.3) is 0 Å². The van der Waals surface area contributed by atoms with Crippen molar-refractivity contribution in [3.05, 3.63) is 12.4 Å². The second-order valence-corrected chi connectivity index (χ2v) is 5.52. The Morgan fingerprint density at radius 2 is 1.78 bits per heavy atom. The standard InChI is InChI=1S/C13H24N4O/c1-6-7-14-10-8-11(16-9-15-10)17-12(2,3)13(4,5)18/h8-9,18H,6-7H2,1-5H3,(H2,14,15,16,17). The van der Waals surface area contributed by atoms with Crippen molar-refractivity contribution in [2.75, 3.05) is 17.2 Å². The molecule has 1 aromatic heterocycles. The third-order valence-corrected chi connectivity index (χ3v) is 3.19. The van der Waals surface area contributed by atoms with Gasteiger partial charge in [0.05, 0.1) is 11.1 Å². The lowest BCUT2D eigenvalue weighted by atomic mass is 9.86. The molecular weight excluding hydrogens is 228 g/mol. The summed E-state index contributed by atoms with van der Waals surface area (Å²) in [5.74, 6) is 1.50. The maximum absolute atomic E-state index is 10.1. The predicted molar refractivity (Wildman–Crippen MR) is 74.8 cm³/mol. The second kappa shape index (κ2) is 5.52. The Balaban J connectivity index is 2.79. The first-order valence-corrected chi connectivity index (χ1v) is 6.33. The third kappa shape index (κ3) is 3.84. The van der Waals surface area contributed by atoms with E-state index in [9.17, 15) is 5.11 Å². The monoisotopic (exact) mass is 252 g/mol. The van der Waals surface area contributed by atoms with Crippen LogP contribution in [-0.4, -0.2) is 32.8 Å². The Kier molecular flexibility index (Phi) is 4.51. The molecule has 0 aliphatic heterocycles. The molecule has 0 saturated carbocycles. The molecule has 1 heterocycles. The first-order valence-electron chi connectivity index (χ1n) is 6.33. The van der Waals surface area contributed by atoms with Crippen molar-refractivity contribution in [2.24, 2.45) is 0 Å². The number of hydrogen-bond donors (Lipinski definition) is 3. The molecule has 0 atom stereocenters. The molecule has 5 nitrogen and oxygen atoms in total. The molecule has 0 aliphatic carbocycles. The highest BCUT2D eigenvalue weighted by Gasteiger charge is 2.35. The van der Waals surface area contributed by atoms with Gasteiger partial charge in [-0.25, -0.2) is 9.97 Å². The number of aromatic nitrogens is 2. The van der Waals surface area contributed by atoms with E-state index < -0.39 is 11.1 Å². The molecule has 0 aliphatic rings. The first-order chi connectivity index (χ1) is 8.26. The van der Waals surface area contributed by atoms with Crippen LogP contribution in [0.1, 0.15) is 41.0 Å². The van der Waals surface area contributed by atoms with E-state index in [4.69, 9.17) is 0 Å². The van der Waals surface area contributed by atoms with Gasteiger partial charge in [-0.3, -0.25) is 0 Å². The number of nitrogens with one attached hydrogen (secondary N) is 2. The zero-order valence-electron chi connectivity index (χ0n) is 11.9. The maximum atomic E-state index is 10.1. The molecule has 0 amide bonds. The summed E-state index contributed by atoms with van der Waals surface area (Å²) in [7, 11) is 0. The summed E-state index contributed by atoms with van der Waals surface area (Å²) < 4.78 is 0. The van der Waals surface area contributed by atoms with Gasteiger partial charge in [-0.2, -0.15) is 0 Å².